The highest BCUT2D eigenvalue weighted by atomic mass is 127. The van der Waals surface area contributed by atoms with Crippen LogP contribution in [0, 0.1) is 16.7 Å². The number of halogens is 1. The Morgan fingerprint density at radius 1 is 1.25 bits per heavy atom. The first-order valence-electron chi connectivity index (χ1n) is 9.05. The number of guanidine groups is 1. The molecule has 24 heavy (non-hydrogen) atoms. The lowest BCUT2D eigenvalue weighted by Gasteiger charge is -2.40. The molecule has 2 rings (SSSR count). The highest BCUT2D eigenvalue weighted by Gasteiger charge is 2.35. The molecular formula is C18H36IN3O2. The molecule has 0 bridgehead atoms. The van der Waals surface area contributed by atoms with Crippen LogP contribution in [0.1, 0.15) is 47.5 Å². The number of hydrogen-bond donors (Lipinski definition) is 2. The fourth-order valence-corrected chi connectivity index (χ4v) is 3.39. The maximum Gasteiger partial charge on any atom is 0.191 e. The predicted molar refractivity (Wildman–Crippen MR) is 110 cm³/mol. The Kier molecular flexibility index (Phi) is 8.76. The lowest BCUT2D eigenvalue weighted by Crippen LogP contribution is -2.48. The molecule has 0 aromatic carbocycles. The van der Waals surface area contributed by atoms with Gasteiger partial charge in [0.25, 0.3) is 0 Å². The summed E-state index contributed by atoms with van der Waals surface area (Å²) in [5, 5.41) is 6.89. The van der Waals surface area contributed by atoms with Gasteiger partial charge in [-0.05, 0) is 25.2 Å². The summed E-state index contributed by atoms with van der Waals surface area (Å²) in [7, 11) is 0. The van der Waals surface area contributed by atoms with Crippen molar-refractivity contribution in [3.8, 4) is 0 Å². The van der Waals surface area contributed by atoms with E-state index in [0.717, 1.165) is 51.8 Å². The Hall–Kier alpha value is -0.0800. The largest absolute Gasteiger partial charge is 0.380 e. The van der Waals surface area contributed by atoms with E-state index in [-0.39, 0.29) is 34.8 Å². The van der Waals surface area contributed by atoms with Crippen molar-refractivity contribution >= 4 is 29.9 Å². The molecule has 2 saturated heterocycles. The third kappa shape index (κ3) is 6.33. The maximum atomic E-state index is 6.07. The lowest BCUT2D eigenvalue weighted by molar-refractivity contribution is -0.0945. The average Bonchev–Trinajstić information content (AvgIpc) is 2.47. The van der Waals surface area contributed by atoms with Crippen LogP contribution in [0.25, 0.3) is 0 Å². The Balaban J connectivity index is 0.00000288. The van der Waals surface area contributed by atoms with Gasteiger partial charge in [-0.15, -0.1) is 24.0 Å². The Labute approximate surface area is 164 Å². The van der Waals surface area contributed by atoms with Gasteiger partial charge in [-0.25, -0.2) is 0 Å². The van der Waals surface area contributed by atoms with E-state index >= 15 is 0 Å². The zero-order valence-corrected chi connectivity index (χ0v) is 18.3. The van der Waals surface area contributed by atoms with E-state index in [1.165, 1.54) is 6.42 Å². The normalized spacial score (nSPS) is 27.0. The third-order valence-electron chi connectivity index (χ3n) is 4.69. The number of nitrogens with one attached hydrogen (secondary N) is 2. The van der Waals surface area contributed by atoms with Gasteiger partial charge >= 0.3 is 0 Å². The fraction of sp³-hybridized carbons (Fsp3) is 0.944. The zero-order chi connectivity index (χ0) is 16.9. The minimum Gasteiger partial charge on any atom is -0.380 e. The molecular weight excluding hydrogens is 417 g/mol. The van der Waals surface area contributed by atoms with Crippen molar-refractivity contribution in [2.24, 2.45) is 21.7 Å². The standard InChI is InChI=1S/C18H35N3O2.HI/c1-6-19-16(21-11-18(5)12-22-13-18)20-10-14-8-7-9-23-15(14)17(2,3)4;/h14-15H,6-13H2,1-5H3,(H2,19,20,21);1H. The average molecular weight is 453 g/mol. The van der Waals surface area contributed by atoms with Crippen molar-refractivity contribution in [3.63, 3.8) is 0 Å². The van der Waals surface area contributed by atoms with E-state index < -0.39 is 0 Å². The van der Waals surface area contributed by atoms with Crippen LogP contribution >= 0.6 is 24.0 Å². The van der Waals surface area contributed by atoms with Crippen LogP contribution in [0.2, 0.25) is 0 Å². The summed E-state index contributed by atoms with van der Waals surface area (Å²) in [6.45, 7) is 16.3. The summed E-state index contributed by atoms with van der Waals surface area (Å²) < 4.78 is 11.4. The van der Waals surface area contributed by atoms with Crippen molar-refractivity contribution in [1.82, 2.24) is 10.6 Å². The third-order valence-corrected chi connectivity index (χ3v) is 4.69. The Morgan fingerprint density at radius 3 is 2.50 bits per heavy atom. The molecule has 142 valence electrons. The molecule has 2 aliphatic heterocycles. The molecule has 2 N–H and O–H groups in total. The highest BCUT2D eigenvalue weighted by Crippen LogP contribution is 2.33. The molecule has 2 aliphatic rings. The Bertz CT molecular complexity index is 406. The summed E-state index contributed by atoms with van der Waals surface area (Å²) in [6.07, 6.45) is 2.69. The van der Waals surface area contributed by atoms with Crippen molar-refractivity contribution < 1.29 is 9.47 Å². The van der Waals surface area contributed by atoms with Crippen LogP contribution in [0.3, 0.4) is 0 Å². The van der Waals surface area contributed by atoms with E-state index in [4.69, 9.17) is 14.5 Å². The van der Waals surface area contributed by atoms with E-state index in [9.17, 15) is 0 Å². The Morgan fingerprint density at radius 2 is 1.96 bits per heavy atom. The van der Waals surface area contributed by atoms with E-state index in [0.29, 0.717) is 12.0 Å². The molecule has 0 spiro atoms. The summed E-state index contributed by atoms with van der Waals surface area (Å²) >= 11 is 0. The van der Waals surface area contributed by atoms with Gasteiger partial charge in [-0.3, -0.25) is 4.99 Å². The summed E-state index contributed by atoms with van der Waals surface area (Å²) in [5.41, 5.74) is 0.392. The first-order chi connectivity index (χ1) is 10.8. The predicted octanol–water partition coefficient (Wildman–Crippen LogP) is 3.04. The second kappa shape index (κ2) is 9.57. The van der Waals surface area contributed by atoms with Crippen LogP contribution in [-0.4, -0.2) is 51.5 Å². The second-order valence-corrected chi connectivity index (χ2v) is 8.44. The van der Waals surface area contributed by atoms with Crippen LogP contribution in [-0.2, 0) is 9.47 Å². The molecule has 0 aromatic rings. The second-order valence-electron chi connectivity index (χ2n) is 8.44. The van der Waals surface area contributed by atoms with E-state index in [1.54, 1.807) is 0 Å². The number of hydrogen-bond acceptors (Lipinski definition) is 3. The van der Waals surface area contributed by atoms with Gasteiger partial charge in [0.15, 0.2) is 5.96 Å². The molecule has 2 atom stereocenters. The zero-order valence-electron chi connectivity index (χ0n) is 16.0. The first kappa shape index (κ1) is 22.0. The molecule has 2 heterocycles. The van der Waals surface area contributed by atoms with Crippen molar-refractivity contribution in [1.29, 1.82) is 0 Å². The lowest BCUT2D eigenvalue weighted by atomic mass is 9.78. The molecule has 0 aromatic heterocycles. The number of nitrogens with zero attached hydrogens (tertiary/aromatic N) is 1. The van der Waals surface area contributed by atoms with Gasteiger partial charge in [0.05, 0.1) is 25.9 Å². The van der Waals surface area contributed by atoms with Gasteiger partial charge in [-0.1, -0.05) is 27.7 Å². The van der Waals surface area contributed by atoms with Crippen LogP contribution in [0.5, 0.6) is 0 Å². The van der Waals surface area contributed by atoms with Gasteiger partial charge in [0.1, 0.15) is 0 Å². The highest BCUT2D eigenvalue weighted by molar-refractivity contribution is 14.0. The smallest absolute Gasteiger partial charge is 0.191 e. The summed E-state index contributed by atoms with van der Waals surface area (Å²) in [5.74, 6) is 1.45. The first-order valence-corrected chi connectivity index (χ1v) is 9.05. The fourth-order valence-electron chi connectivity index (χ4n) is 3.39. The number of aliphatic imine (C=N–C) groups is 1. The topological polar surface area (TPSA) is 54.9 Å². The number of rotatable bonds is 5. The SMILES string of the molecule is CCNC(=NCC1(C)COC1)NCC1CCCOC1C(C)(C)C.I. The van der Waals surface area contributed by atoms with Gasteiger partial charge in [0.2, 0.25) is 0 Å². The minimum absolute atomic E-state index is 0. The van der Waals surface area contributed by atoms with E-state index in [2.05, 4.69) is 45.3 Å². The van der Waals surface area contributed by atoms with Crippen molar-refractivity contribution in [2.75, 3.05) is 39.5 Å². The quantitative estimate of drug-likeness (QED) is 0.382. The van der Waals surface area contributed by atoms with Crippen LogP contribution in [0.4, 0.5) is 0 Å². The number of ether oxygens (including phenoxy) is 2. The van der Waals surface area contributed by atoms with Crippen LogP contribution < -0.4 is 10.6 Å². The molecule has 0 aliphatic carbocycles. The maximum absolute atomic E-state index is 6.07. The van der Waals surface area contributed by atoms with Gasteiger partial charge in [0, 0.05) is 31.0 Å². The molecule has 0 radical (unpaired) electrons. The van der Waals surface area contributed by atoms with Crippen molar-refractivity contribution in [2.45, 2.75) is 53.6 Å². The molecule has 0 amide bonds. The summed E-state index contributed by atoms with van der Waals surface area (Å²) in [6, 6.07) is 0. The molecule has 2 unspecified atom stereocenters. The summed E-state index contributed by atoms with van der Waals surface area (Å²) in [4.78, 5) is 4.75. The monoisotopic (exact) mass is 453 g/mol. The van der Waals surface area contributed by atoms with Gasteiger partial charge < -0.3 is 20.1 Å². The molecule has 5 nitrogen and oxygen atoms in total. The minimum atomic E-state index is 0. The van der Waals surface area contributed by atoms with Crippen molar-refractivity contribution in [3.05, 3.63) is 0 Å². The molecule has 6 heteroatoms. The van der Waals surface area contributed by atoms with Gasteiger partial charge in [-0.2, -0.15) is 0 Å². The molecule has 0 saturated carbocycles. The van der Waals surface area contributed by atoms with Crippen LogP contribution in [0.15, 0.2) is 4.99 Å². The van der Waals surface area contributed by atoms with E-state index in [1.807, 2.05) is 0 Å². The molecule has 2 fully saturated rings.